The molecule has 4 rings (SSSR count). The number of anilines is 1. The minimum Gasteiger partial charge on any atom is -0.326 e. The van der Waals surface area contributed by atoms with Crippen LogP contribution in [0.2, 0.25) is 0 Å². The summed E-state index contributed by atoms with van der Waals surface area (Å²) in [6.07, 6.45) is 1.86. The largest absolute Gasteiger partial charge is 0.326 e. The molecule has 2 unspecified atom stereocenters. The number of rotatable bonds is 4. The lowest BCUT2D eigenvalue weighted by atomic mass is 10.1. The Morgan fingerprint density at radius 2 is 2.09 bits per heavy atom. The quantitative estimate of drug-likeness (QED) is 0.769. The summed E-state index contributed by atoms with van der Waals surface area (Å²) in [7, 11) is 0. The molecule has 1 saturated carbocycles. The van der Waals surface area contributed by atoms with Gasteiger partial charge in [0.05, 0.1) is 5.52 Å². The number of aromatic amines is 1. The molecular formula is C19H19N3O. The first kappa shape index (κ1) is 14.0. The number of aryl methyl sites for hydroxylation is 1. The van der Waals surface area contributed by atoms with Crippen LogP contribution >= 0.6 is 0 Å². The molecule has 4 nitrogen and oxygen atoms in total. The van der Waals surface area contributed by atoms with Gasteiger partial charge in [0.25, 0.3) is 0 Å². The van der Waals surface area contributed by atoms with Crippen LogP contribution in [0.1, 0.15) is 30.5 Å². The van der Waals surface area contributed by atoms with Gasteiger partial charge in [0.1, 0.15) is 0 Å². The van der Waals surface area contributed by atoms with Crippen LogP contribution in [0.15, 0.2) is 48.5 Å². The highest BCUT2D eigenvalue weighted by atomic mass is 16.2. The highest BCUT2D eigenvalue weighted by Gasteiger charge is 2.44. The number of carbonyl (C=O) groups is 1. The van der Waals surface area contributed by atoms with Crippen molar-refractivity contribution >= 4 is 22.5 Å². The molecule has 2 N–H and O–H groups in total. The van der Waals surface area contributed by atoms with E-state index in [4.69, 9.17) is 0 Å². The van der Waals surface area contributed by atoms with Crippen LogP contribution in [-0.4, -0.2) is 16.1 Å². The van der Waals surface area contributed by atoms with E-state index in [0.29, 0.717) is 5.92 Å². The molecule has 1 heterocycles. The van der Waals surface area contributed by atoms with E-state index in [2.05, 4.69) is 40.6 Å². The molecule has 1 fully saturated rings. The lowest BCUT2D eigenvalue weighted by Crippen LogP contribution is -2.14. The maximum Gasteiger partial charge on any atom is 0.228 e. The number of para-hydroxylation sites is 1. The number of carbonyl (C=O) groups excluding carboxylic acids is 1. The summed E-state index contributed by atoms with van der Waals surface area (Å²) in [6, 6.07) is 16.0. The van der Waals surface area contributed by atoms with Crippen molar-refractivity contribution in [2.45, 2.75) is 25.7 Å². The molecule has 23 heavy (non-hydrogen) atoms. The summed E-state index contributed by atoms with van der Waals surface area (Å²) in [6.45, 7) is 2.12. The van der Waals surface area contributed by atoms with Crippen molar-refractivity contribution in [2.24, 2.45) is 5.92 Å². The highest BCUT2D eigenvalue weighted by molar-refractivity contribution is 5.95. The number of nitrogens with zero attached hydrogens (tertiary/aromatic N) is 1. The molecule has 3 aromatic rings. The number of nitrogens with one attached hydrogen (secondary N) is 2. The van der Waals surface area contributed by atoms with Crippen LogP contribution in [0.3, 0.4) is 0 Å². The molecule has 1 aromatic heterocycles. The number of fused-ring (bicyclic) bond motifs is 1. The van der Waals surface area contributed by atoms with E-state index in [1.165, 1.54) is 16.6 Å². The summed E-state index contributed by atoms with van der Waals surface area (Å²) < 4.78 is 0. The second-order valence-electron chi connectivity index (χ2n) is 6.14. The summed E-state index contributed by atoms with van der Waals surface area (Å²) in [4.78, 5) is 12.3. The van der Waals surface area contributed by atoms with Gasteiger partial charge in [-0.15, -0.1) is 0 Å². The van der Waals surface area contributed by atoms with E-state index in [-0.39, 0.29) is 11.8 Å². The lowest BCUT2D eigenvalue weighted by Gasteiger charge is -2.05. The zero-order chi connectivity index (χ0) is 15.8. The Balaban J connectivity index is 1.49. The molecule has 0 saturated heterocycles. The van der Waals surface area contributed by atoms with E-state index in [1.54, 1.807) is 0 Å². The van der Waals surface area contributed by atoms with Crippen molar-refractivity contribution < 1.29 is 4.79 Å². The SMILES string of the molecule is CCc1[nH]nc2cc(C3CC3C(=O)Nc3ccccc3)ccc12. The van der Waals surface area contributed by atoms with Gasteiger partial charge in [-0.2, -0.15) is 5.10 Å². The van der Waals surface area contributed by atoms with Gasteiger partial charge in [-0.25, -0.2) is 0 Å². The molecule has 0 spiro atoms. The van der Waals surface area contributed by atoms with Crippen molar-refractivity contribution in [3.8, 4) is 0 Å². The summed E-state index contributed by atoms with van der Waals surface area (Å²) in [5.41, 5.74) is 4.23. The van der Waals surface area contributed by atoms with Gasteiger partial charge in [-0.1, -0.05) is 37.3 Å². The lowest BCUT2D eigenvalue weighted by molar-refractivity contribution is -0.117. The smallest absolute Gasteiger partial charge is 0.228 e. The summed E-state index contributed by atoms with van der Waals surface area (Å²) in [5.74, 6) is 0.486. The fraction of sp³-hybridized carbons (Fsp3) is 0.263. The molecule has 1 aliphatic carbocycles. The van der Waals surface area contributed by atoms with Crippen LogP contribution < -0.4 is 5.32 Å². The first-order chi connectivity index (χ1) is 11.3. The minimum absolute atomic E-state index is 0.0669. The average molecular weight is 305 g/mol. The second kappa shape index (κ2) is 5.54. The predicted molar refractivity (Wildman–Crippen MR) is 91.4 cm³/mol. The molecule has 0 radical (unpaired) electrons. The highest BCUT2D eigenvalue weighted by Crippen LogP contribution is 2.48. The third-order valence-corrected chi connectivity index (χ3v) is 4.61. The van der Waals surface area contributed by atoms with E-state index < -0.39 is 0 Å². The van der Waals surface area contributed by atoms with Gasteiger partial charge in [-0.05, 0) is 42.5 Å². The maximum atomic E-state index is 12.3. The van der Waals surface area contributed by atoms with Crippen molar-refractivity contribution in [1.29, 1.82) is 0 Å². The number of benzene rings is 2. The topological polar surface area (TPSA) is 57.8 Å². The third kappa shape index (κ3) is 2.61. The van der Waals surface area contributed by atoms with Gasteiger partial charge >= 0.3 is 0 Å². The average Bonchev–Trinajstić information content (AvgIpc) is 3.29. The van der Waals surface area contributed by atoms with Gasteiger partial charge < -0.3 is 5.32 Å². The fourth-order valence-corrected chi connectivity index (χ4v) is 3.19. The number of amides is 1. The Labute approximate surface area is 134 Å². The first-order valence-corrected chi connectivity index (χ1v) is 8.09. The van der Waals surface area contributed by atoms with Crippen LogP contribution in [-0.2, 0) is 11.2 Å². The van der Waals surface area contributed by atoms with E-state index >= 15 is 0 Å². The standard InChI is InChI=1S/C19H19N3O/c1-2-17-14-9-8-12(10-18(14)22-21-17)15-11-16(15)19(23)20-13-6-4-3-5-7-13/h3-10,15-16H,2,11H2,1H3,(H,20,23)(H,21,22). The Kier molecular flexibility index (Phi) is 3.37. The molecule has 4 heteroatoms. The van der Waals surface area contributed by atoms with E-state index in [0.717, 1.165) is 24.0 Å². The van der Waals surface area contributed by atoms with Gasteiger partial charge in [-0.3, -0.25) is 9.89 Å². The molecular weight excluding hydrogens is 286 g/mol. The Morgan fingerprint density at radius 1 is 1.26 bits per heavy atom. The van der Waals surface area contributed by atoms with Gasteiger partial charge in [0.2, 0.25) is 5.91 Å². The summed E-state index contributed by atoms with van der Waals surface area (Å²) >= 11 is 0. The Bertz CT molecular complexity index is 853. The monoisotopic (exact) mass is 305 g/mol. The van der Waals surface area contributed by atoms with E-state index in [1.807, 2.05) is 30.3 Å². The molecule has 1 aliphatic rings. The Hall–Kier alpha value is -2.62. The van der Waals surface area contributed by atoms with Crippen molar-refractivity contribution in [3.05, 3.63) is 59.8 Å². The molecule has 0 aliphatic heterocycles. The predicted octanol–water partition coefficient (Wildman–Crippen LogP) is 3.87. The first-order valence-electron chi connectivity index (χ1n) is 8.09. The number of hydrogen-bond acceptors (Lipinski definition) is 2. The third-order valence-electron chi connectivity index (χ3n) is 4.61. The van der Waals surface area contributed by atoms with Crippen molar-refractivity contribution in [2.75, 3.05) is 5.32 Å². The van der Waals surface area contributed by atoms with Crippen molar-refractivity contribution in [3.63, 3.8) is 0 Å². The molecule has 0 bridgehead atoms. The van der Waals surface area contributed by atoms with Crippen LogP contribution in [0, 0.1) is 5.92 Å². The maximum absolute atomic E-state index is 12.3. The van der Waals surface area contributed by atoms with E-state index in [9.17, 15) is 4.79 Å². The number of H-pyrrole nitrogens is 1. The fourth-order valence-electron chi connectivity index (χ4n) is 3.19. The zero-order valence-corrected chi connectivity index (χ0v) is 13.0. The van der Waals surface area contributed by atoms with Crippen LogP contribution in [0.5, 0.6) is 0 Å². The Morgan fingerprint density at radius 3 is 2.87 bits per heavy atom. The van der Waals surface area contributed by atoms with Gasteiger partial charge in [0.15, 0.2) is 0 Å². The number of aromatic nitrogens is 2. The van der Waals surface area contributed by atoms with Gasteiger partial charge in [0, 0.05) is 22.7 Å². The van der Waals surface area contributed by atoms with Crippen LogP contribution in [0.25, 0.3) is 10.9 Å². The zero-order valence-electron chi connectivity index (χ0n) is 13.0. The number of hydrogen-bond donors (Lipinski definition) is 2. The normalized spacial score (nSPS) is 19.7. The molecule has 116 valence electrons. The molecule has 2 atom stereocenters. The van der Waals surface area contributed by atoms with Crippen molar-refractivity contribution in [1.82, 2.24) is 10.2 Å². The summed E-state index contributed by atoms with van der Waals surface area (Å²) in [5, 5.41) is 11.6. The molecule has 2 aromatic carbocycles. The second-order valence-corrected chi connectivity index (χ2v) is 6.14. The molecule has 1 amide bonds. The minimum atomic E-state index is 0.0669. The van der Waals surface area contributed by atoms with Crippen LogP contribution in [0.4, 0.5) is 5.69 Å².